The molecule has 2 heteroatoms. The van der Waals surface area contributed by atoms with Crippen LogP contribution in [0.4, 0.5) is 5.69 Å². The summed E-state index contributed by atoms with van der Waals surface area (Å²) in [4.78, 5) is 4.65. The van der Waals surface area contributed by atoms with Crippen molar-refractivity contribution in [3.05, 3.63) is 87.5 Å². The van der Waals surface area contributed by atoms with Gasteiger partial charge in [-0.2, -0.15) is 0 Å². The highest BCUT2D eigenvalue weighted by Gasteiger charge is 2.03. The Kier molecular flexibility index (Phi) is 4.68. The Balaban J connectivity index is 1.98. The molecule has 22 heavy (non-hydrogen) atoms. The van der Waals surface area contributed by atoms with Crippen LogP contribution in [0.3, 0.4) is 0 Å². The molecular weight excluding hydrogens is 381 g/mol. The quantitative estimate of drug-likeness (QED) is 0.379. The third-order valence-corrected chi connectivity index (χ3v) is 4.43. The number of benzene rings is 3. The summed E-state index contributed by atoms with van der Waals surface area (Å²) in [6, 6.07) is 25.1. The number of nitrogens with zero attached hydrogens (tertiary/aromatic N) is 1. The molecule has 0 bridgehead atoms. The first-order valence-electron chi connectivity index (χ1n) is 7.19. The number of aliphatic imine (C=N–C) groups is 1. The minimum absolute atomic E-state index is 1.00. The normalized spacial score (nSPS) is 11.0. The molecule has 0 heterocycles. The molecular formula is C20H16IN. The summed E-state index contributed by atoms with van der Waals surface area (Å²) >= 11 is 2.31. The van der Waals surface area contributed by atoms with Gasteiger partial charge in [-0.25, -0.2) is 0 Å². The first-order valence-corrected chi connectivity index (χ1v) is 8.26. The summed E-state index contributed by atoms with van der Waals surface area (Å²) in [5.74, 6) is 0. The van der Waals surface area contributed by atoms with E-state index in [2.05, 4.69) is 89.1 Å². The fourth-order valence-electron chi connectivity index (χ4n) is 2.30. The fraction of sp³-hybridized carbons (Fsp3) is 0.0500. The summed E-state index contributed by atoms with van der Waals surface area (Å²) in [5.41, 5.74) is 5.83. The van der Waals surface area contributed by atoms with E-state index in [0.717, 1.165) is 14.8 Å². The predicted molar refractivity (Wildman–Crippen MR) is 103 cm³/mol. The van der Waals surface area contributed by atoms with E-state index in [1.165, 1.54) is 16.7 Å². The molecule has 3 rings (SSSR count). The second-order valence-electron chi connectivity index (χ2n) is 5.16. The first kappa shape index (κ1) is 15.0. The standard InChI is InChI=1S/C20H16IN/c1-15-10-12-16(13-11-15)18-7-3-2-6-17(18)14-22-20-9-5-4-8-19(20)21/h2-14H,1H3. The lowest BCUT2D eigenvalue weighted by Crippen LogP contribution is -1.88. The Morgan fingerprint density at radius 3 is 2.27 bits per heavy atom. The molecule has 0 saturated carbocycles. The highest BCUT2D eigenvalue weighted by molar-refractivity contribution is 14.1. The van der Waals surface area contributed by atoms with Crippen LogP contribution >= 0.6 is 22.6 Å². The lowest BCUT2D eigenvalue weighted by molar-refractivity contribution is 1.46. The van der Waals surface area contributed by atoms with Gasteiger partial charge in [0.05, 0.1) is 5.69 Å². The Bertz CT molecular complexity index is 804. The molecule has 3 aromatic rings. The second-order valence-corrected chi connectivity index (χ2v) is 6.33. The van der Waals surface area contributed by atoms with Crippen LogP contribution in [0.5, 0.6) is 0 Å². The summed E-state index contributed by atoms with van der Waals surface area (Å²) in [6.07, 6.45) is 1.95. The van der Waals surface area contributed by atoms with Crippen molar-refractivity contribution in [2.24, 2.45) is 4.99 Å². The highest BCUT2D eigenvalue weighted by Crippen LogP contribution is 2.25. The van der Waals surface area contributed by atoms with Gasteiger partial charge in [0.25, 0.3) is 0 Å². The average molecular weight is 397 g/mol. The van der Waals surface area contributed by atoms with Crippen molar-refractivity contribution < 1.29 is 0 Å². The number of rotatable bonds is 3. The minimum Gasteiger partial charge on any atom is -0.255 e. The van der Waals surface area contributed by atoms with Gasteiger partial charge in [0.15, 0.2) is 0 Å². The van der Waals surface area contributed by atoms with E-state index in [-0.39, 0.29) is 0 Å². The van der Waals surface area contributed by atoms with Crippen molar-refractivity contribution in [2.75, 3.05) is 0 Å². The van der Waals surface area contributed by atoms with Gasteiger partial charge in [0.1, 0.15) is 0 Å². The maximum Gasteiger partial charge on any atom is 0.0763 e. The van der Waals surface area contributed by atoms with E-state index in [4.69, 9.17) is 0 Å². The van der Waals surface area contributed by atoms with Crippen LogP contribution in [-0.4, -0.2) is 6.21 Å². The molecule has 1 nitrogen and oxygen atoms in total. The lowest BCUT2D eigenvalue weighted by Gasteiger charge is -2.06. The van der Waals surface area contributed by atoms with Crippen LogP contribution in [0.2, 0.25) is 0 Å². The van der Waals surface area contributed by atoms with Crippen molar-refractivity contribution in [2.45, 2.75) is 6.92 Å². The van der Waals surface area contributed by atoms with Crippen LogP contribution in [-0.2, 0) is 0 Å². The molecule has 0 radical (unpaired) electrons. The summed E-state index contributed by atoms with van der Waals surface area (Å²) in [7, 11) is 0. The monoisotopic (exact) mass is 397 g/mol. The van der Waals surface area contributed by atoms with Crippen LogP contribution < -0.4 is 0 Å². The van der Waals surface area contributed by atoms with Gasteiger partial charge >= 0.3 is 0 Å². The van der Waals surface area contributed by atoms with Crippen LogP contribution in [0.1, 0.15) is 11.1 Å². The van der Waals surface area contributed by atoms with Gasteiger partial charge in [0.2, 0.25) is 0 Å². The number of aryl methyl sites for hydroxylation is 1. The molecule has 0 unspecified atom stereocenters. The molecule has 0 fully saturated rings. The molecule has 0 N–H and O–H groups in total. The van der Waals surface area contributed by atoms with Crippen LogP contribution in [0.15, 0.2) is 77.8 Å². The van der Waals surface area contributed by atoms with E-state index in [1.807, 2.05) is 24.4 Å². The van der Waals surface area contributed by atoms with Crippen LogP contribution in [0.25, 0.3) is 11.1 Å². The minimum atomic E-state index is 1.00. The molecule has 0 amide bonds. The maximum atomic E-state index is 4.65. The topological polar surface area (TPSA) is 12.4 Å². The third kappa shape index (κ3) is 3.45. The van der Waals surface area contributed by atoms with E-state index >= 15 is 0 Å². The molecule has 0 spiro atoms. The van der Waals surface area contributed by atoms with E-state index in [9.17, 15) is 0 Å². The molecule has 0 aliphatic rings. The van der Waals surface area contributed by atoms with Gasteiger partial charge in [-0.05, 0) is 52.8 Å². The zero-order valence-corrected chi connectivity index (χ0v) is 14.5. The third-order valence-electron chi connectivity index (χ3n) is 3.52. The van der Waals surface area contributed by atoms with Crippen molar-refractivity contribution in [3.8, 4) is 11.1 Å². The first-order chi connectivity index (χ1) is 10.7. The van der Waals surface area contributed by atoms with Crippen LogP contribution in [0, 0.1) is 10.5 Å². The maximum absolute atomic E-state index is 4.65. The smallest absolute Gasteiger partial charge is 0.0763 e. The molecule has 0 aliphatic carbocycles. The van der Waals surface area contributed by atoms with Gasteiger partial charge < -0.3 is 0 Å². The summed E-state index contributed by atoms with van der Waals surface area (Å²) < 4.78 is 1.16. The largest absolute Gasteiger partial charge is 0.255 e. The van der Waals surface area contributed by atoms with Crippen molar-refractivity contribution >= 4 is 34.5 Å². The van der Waals surface area contributed by atoms with Gasteiger partial charge in [-0.15, -0.1) is 0 Å². The molecule has 108 valence electrons. The summed E-state index contributed by atoms with van der Waals surface area (Å²) in [6.45, 7) is 2.11. The number of para-hydroxylation sites is 1. The van der Waals surface area contributed by atoms with Crippen molar-refractivity contribution in [3.63, 3.8) is 0 Å². The highest BCUT2D eigenvalue weighted by atomic mass is 127. The predicted octanol–water partition coefficient (Wildman–Crippen LogP) is 6.02. The Morgan fingerprint density at radius 2 is 1.50 bits per heavy atom. The fourth-order valence-corrected chi connectivity index (χ4v) is 2.83. The Morgan fingerprint density at radius 1 is 0.818 bits per heavy atom. The van der Waals surface area contributed by atoms with Gasteiger partial charge in [0, 0.05) is 15.3 Å². The van der Waals surface area contributed by atoms with E-state index < -0.39 is 0 Å². The van der Waals surface area contributed by atoms with Crippen molar-refractivity contribution in [1.29, 1.82) is 0 Å². The molecule has 0 atom stereocenters. The van der Waals surface area contributed by atoms with Crippen molar-refractivity contribution in [1.82, 2.24) is 0 Å². The zero-order chi connectivity index (χ0) is 15.4. The number of hydrogen-bond acceptors (Lipinski definition) is 1. The number of hydrogen-bond donors (Lipinski definition) is 0. The Labute approximate surface area is 144 Å². The van der Waals surface area contributed by atoms with E-state index in [0.29, 0.717) is 0 Å². The number of halogens is 1. The molecule has 0 aliphatic heterocycles. The SMILES string of the molecule is Cc1ccc(-c2ccccc2C=Nc2ccccc2I)cc1. The lowest BCUT2D eigenvalue weighted by atomic mass is 9.99. The Hall–Kier alpha value is -1.94. The molecule has 0 saturated heterocycles. The van der Waals surface area contributed by atoms with Gasteiger partial charge in [-0.3, -0.25) is 4.99 Å². The zero-order valence-electron chi connectivity index (χ0n) is 12.3. The second kappa shape index (κ2) is 6.88. The average Bonchev–Trinajstić information content (AvgIpc) is 2.55. The molecule has 0 aromatic heterocycles. The summed E-state index contributed by atoms with van der Waals surface area (Å²) in [5, 5.41) is 0. The molecule has 3 aromatic carbocycles. The van der Waals surface area contributed by atoms with Gasteiger partial charge in [-0.1, -0.05) is 66.2 Å². The van der Waals surface area contributed by atoms with E-state index in [1.54, 1.807) is 0 Å².